The van der Waals surface area contributed by atoms with E-state index in [9.17, 15) is 19.3 Å². The molecule has 1 aromatic heterocycles. The Hall–Kier alpha value is -4.01. The maximum atomic E-state index is 13.4. The number of amides is 1. The third-order valence-electron chi connectivity index (χ3n) is 6.60. The zero-order chi connectivity index (χ0) is 23.7. The summed E-state index contributed by atoms with van der Waals surface area (Å²) >= 11 is 0. The van der Waals surface area contributed by atoms with Crippen molar-refractivity contribution in [3.8, 4) is 0 Å². The molecule has 2 aromatic carbocycles. The number of hydrogen-bond donors (Lipinski definition) is 1. The zero-order valence-electron chi connectivity index (χ0n) is 18.4. The van der Waals surface area contributed by atoms with Crippen molar-refractivity contribution in [3.05, 3.63) is 93.9 Å². The van der Waals surface area contributed by atoms with E-state index < -0.39 is 10.8 Å². The molecule has 9 heteroatoms. The fourth-order valence-corrected chi connectivity index (χ4v) is 4.89. The number of piperazine rings is 1. The Morgan fingerprint density at radius 3 is 2.71 bits per heavy atom. The first-order valence-electron chi connectivity index (χ1n) is 11.2. The van der Waals surface area contributed by atoms with Crippen molar-refractivity contribution in [3.63, 3.8) is 0 Å². The molecule has 0 unspecified atom stereocenters. The van der Waals surface area contributed by atoms with Crippen LogP contribution in [0, 0.1) is 21.8 Å². The van der Waals surface area contributed by atoms with Crippen LogP contribution in [0.5, 0.6) is 0 Å². The first-order chi connectivity index (χ1) is 16.5. The van der Waals surface area contributed by atoms with Crippen LogP contribution in [0.1, 0.15) is 11.1 Å². The second-order valence-corrected chi connectivity index (χ2v) is 8.62. The molecule has 2 aliphatic heterocycles. The normalized spacial score (nSPS) is 19.2. The lowest BCUT2D eigenvalue weighted by atomic mass is 9.83. The quantitative estimate of drug-likeness (QED) is 0.463. The molecular weight excluding hydrogens is 437 g/mol. The monoisotopic (exact) mass is 461 g/mol. The lowest BCUT2D eigenvalue weighted by Crippen LogP contribution is -2.61. The molecule has 0 aliphatic carbocycles. The van der Waals surface area contributed by atoms with Gasteiger partial charge in [0.25, 0.3) is 5.69 Å². The highest BCUT2D eigenvalue weighted by atomic mass is 19.1. The Balaban J connectivity index is 1.42. The predicted octanol–water partition coefficient (Wildman–Crippen LogP) is 3.31. The fourth-order valence-electron chi connectivity index (χ4n) is 4.89. The molecule has 3 aromatic rings. The van der Waals surface area contributed by atoms with Gasteiger partial charge in [0.15, 0.2) is 0 Å². The number of nitro benzene ring substituents is 1. The summed E-state index contributed by atoms with van der Waals surface area (Å²) in [5.74, 6) is 0.0101. The number of hydrogen-bond acceptors (Lipinski definition) is 6. The summed E-state index contributed by atoms with van der Waals surface area (Å²) in [6.07, 6.45) is 2.16. The minimum atomic E-state index is -0.408. The molecule has 0 radical (unpaired) electrons. The van der Waals surface area contributed by atoms with Gasteiger partial charge in [-0.05, 0) is 47.9 Å². The minimum Gasteiger partial charge on any atom is -0.364 e. The molecule has 3 heterocycles. The van der Waals surface area contributed by atoms with Gasteiger partial charge in [0, 0.05) is 50.2 Å². The van der Waals surface area contributed by atoms with Crippen molar-refractivity contribution in [1.82, 2.24) is 10.3 Å². The van der Waals surface area contributed by atoms with E-state index in [1.165, 1.54) is 18.2 Å². The number of fused-ring (bicyclic) bond motifs is 3. The van der Waals surface area contributed by atoms with E-state index in [1.807, 2.05) is 18.2 Å². The summed E-state index contributed by atoms with van der Waals surface area (Å²) in [6, 6.07) is 16.6. The average molecular weight is 461 g/mol. The maximum absolute atomic E-state index is 13.4. The van der Waals surface area contributed by atoms with Crippen LogP contribution in [0.4, 0.5) is 21.6 Å². The summed E-state index contributed by atoms with van der Waals surface area (Å²) in [5.41, 5.74) is 2.57. The Kier molecular flexibility index (Phi) is 5.83. The van der Waals surface area contributed by atoms with Crippen LogP contribution in [0.3, 0.4) is 0 Å². The lowest BCUT2D eigenvalue weighted by Gasteiger charge is -2.49. The highest BCUT2D eigenvalue weighted by Crippen LogP contribution is 2.38. The first kappa shape index (κ1) is 21.8. The van der Waals surface area contributed by atoms with E-state index in [0.29, 0.717) is 19.5 Å². The van der Waals surface area contributed by atoms with Gasteiger partial charge < -0.3 is 15.1 Å². The van der Waals surface area contributed by atoms with Crippen LogP contribution in [0.25, 0.3) is 0 Å². The number of benzene rings is 2. The Labute approximate surface area is 196 Å². The van der Waals surface area contributed by atoms with Crippen molar-refractivity contribution < 1.29 is 14.1 Å². The van der Waals surface area contributed by atoms with E-state index >= 15 is 0 Å². The summed E-state index contributed by atoms with van der Waals surface area (Å²) in [7, 11) is 0. The summed E-state index contributed by atoms with van der Waals surface area (Å²) in [5, 5.41) is 14.3. The molecule has 1 fully saturated rings. The molecular formula is C25H24FN5O3. The van der Waals surface area contributed by atoms with Gasteiger partial charge in [-0.1, -0.05) is 18.2 Å². The van der Waals surface area contributed by atoms with Crippen LogP contribution in [0.2, 0.25) is 0 Å². The fraction of sp³-hybridized carbons (Fsp3) is 0.280. The number of halogens is 1. The SMILES string of the molecule is O=C(NCc1ccc(F)cc1)[C@H]1Cc2cc([N+](=O)[O-])ccc2N2CCN(c3ccccn3)C[C@@H]12. The standard InChI is InChI=1S/C25H24FN5O3/c26-19-6-4-17(5-7-19)15-28-25(32)21-14-18-13-20(31(33)34)8-9-22(18)30-12-11-29(16-23(21)30)24-3-1-2-10-27-24/h1-10,13,21,23H,11-12,14-16H2,(H,28,32)/t21-,23-/m0/s1. The Morgan fingerprint density at radius 1 is 1.15 bits per heavy atom. The van der Waals surface area contributed by atoms with Gasteiger partial charge in [-0.15, -0.1) is 0 Å². The van der Waals surface area contributed by atoms with Crippen LogP contribution in [-0.2, 0) is 17.8 Å². The molecule has 0 bridgehead atoms. The summed E-state index contributed by atoms with van der Waals surface area (Å²) in [4.78, 5) is 33.2. The first-order valence-corrected chi connectivity index (χ1v) is 11.2. The highest BCUT2D eigenvalue weighted by molar-refractivity contribution is 5.82. The van der Waals surface area contributed by atoms with E-state index in [2.05, 4.69) is 20.1 Å². The Bertz CT molecular complexity index is 1200. The van der Waals surface area contributed by atoms with Gasteiger partial charge in [0.05, 0.1) is 16.9 Å². The van der Waals surface area contributed by atoms with Crippen molar-refractivity contribution in [2.45, 2.75) is 19.0 Å². The number of carbonyl (C=O) groups excluding carboxylic acids is 1. The van der Waals surface area contributed by atoms with Crippen LogP contribution in [0.15, 0.2) is 66.9 Å². The van der Waals surface area contributed by atoms with Crippen LogP contribution >= 0.6 is 0 Å². The van der Waals surface area contributed by atoms with E-state index in [-0.39, 0.29) is 30.0 Å². The molecule has 5 rings (SSSR count). The topological polar surface area (TPSA) is 91.6 Å². The van der Waals surface area contributed by atoms with Gasteiger partial charge in [-0.2, -0.15) is 0 Å². The Morgan fingerprint density at radius 2 is 1.97 bits per heavy atom. The average Bonchev–Trinajstić information content (AvgIpc) is 2.87. The minimum absolute atomic E-state index is 0.0230. The zero-order valence-corrected chi connectivity index (χ0v) is 18.4. The molecule has 0 spiro atoms. The number of non-ortho nitro benzene ring substituents is 1. The summed E-state index contributed by atoms with van der Waals surface area (Å²) in [6.45, 7) is 2.30. The smallest absolute Gasteiger partial charge is 0.269 e. The molecule has 2 atom stereocenters. The second-order valence-electron chi connectivity index (χ2n) is 8.62. The number of nitro groups is 1. The second kappa shape index (κ2) is 9.09. The number of nitrogens with zero attached hydrogens (tertiary/aromatic N) is 4. The van der Waals surface area contributed by atoms with Crippen LogP contribution in [-0.4, -0.2) is 41.5 Å². The van der Waals surface area contributed by atoms with Gasteiger partial charge in [-0.25, -0.2) is 9.37 Å². The van der Waals surface area contributed by atoms with Gasteiger partial charge >= 0.3 is 0 Å². The largest absolute Gasteiger partial charge is 0.364 e. The maximum Gasteiger partial charge on any atom is 0.269 e. The number of anilines is 2. The number of rotatable bonds is 5. The predicted molar refractivity (Wildman–Crippen MR) is 126 cm³/mol. The van der Waals surface area contributed by atoms with E-state index in [0.717, 1.165) is 29.2 Å². The molecule has 8 nitrogen and oxygen atoms in total. The van der Waals surface area contributed by atoms with Gasteiger partial charge in [-0.3, -0.25) is 14.9 Å². The van der Waals surface area contributed by atoms with Crippen molar-refractivity contribution >= 4 is 23.1 Å². The number of nitrogens with one attached hydrogen (secondary N) is 1. The van der Waals surface area contributed by atoms with Gasteiger partial charge in [0.2, 0.25) is 5.91 Å². The van der Waals surface area contributed by atoms with E-state index in [1.54, 1.807) is 30.5 Å². The van der Waals surface area contributed by atoms with Crippen molar-refractivity contribution in [2.75, 3.05) is 29.4 Å². The third-order valence-corrected chi connectivity index (χ3v) is 6.60. The third kappa shape index (κ3) is 4.28. The molecule has 1 amide bonds. The lowest BCUT2D eigenvalue weighted by molar-refractivity contribution is -0.384. The van der Waals surface area contributed by atoms with Crippen LogP contribution < -0.4 is 15.1 Å². The number of carbonyl (C=O) groups is 1. The summed E-state index contributed by atoms with van der Waals surface area (Å²) < 4.78 is 13.2. The number of aromatic nitrogens is 1. The molecule has 1 N–H and O–H groups in total. The molecule has 174 valence electrons. The molecule has 34 heavy (non-hydrogen) atoms. The number of pyridine rings is 1. The van der Waals surface area contributed by atoms with Crippen molar-refractivity contribution in [2.24, 2.45) is 5.92 Å². The van der Waals surface area contributed by atoms with E-state index in [4.69, 9.17) is 0 Å². The van der Waals surface area contributed by atoms with Crippen molar-refractivity contribution in [1.29, 1.82) is 0 Å². The molecule has 0 saturated carbocycles. The molecule has 1 saturated heterocycles. The molecule has 2 aliphatic rings. The van der Waals surface area contributed by atoms with Gasteiger partial charge in [0.1, 0.15) is 11.6 Å². The highest BCUT2D eigenvalue weighted by Gasteiger charge is 2.42.